The minimum Gasteiger partial charge on any atom is -0.400 e. The Balaban J connectivity index is 5.84. The monoisotopic (exact) mass is 400 g/mol. The van der Waals surface area contributed by atoms with Gasteiger partial charge in [0.15, 0.2) is 0 Å². The van der Waals surface area contributed by atoms with Gasteiger partial charge in [0.05, 0.1) is 8.07 Å². The van der Waals surface area contributed by atoms with Gasteiger partial charge in [-0.15, -0.1) is 0 Å². The zero-order chi connectivity index (χ0) is 18.2. The summed E-state index contributed by atoms with van der Waals surface area (Å²) in [5, 5.41) is 1.18. The van der Waals surface area contributed by atoms with Crippen LogP contribution in [0.2, 0.25) is 22.0 Å². The molecule has 0 N–H and O–H groups in total. The van der Waals surface area contributed by atoms with E-state index in [1.165, 1.54) is 0 Å². The van der Waals surface area contributed by atoms with E-state index in [0.29, 0.717) is 15.5 Å². The van der Waals surface area contributed by atoms with Gasteiger partial charge in [-0.05, 0) is 15.5 Å². The number of hydrogen-bond acceptors (Lipinski definition) is 6. The van der Waals surface area contributed by atoms with Gasteiger partial charge in [0, 0.05) is 42.7 Å². The Bertz CT molecular complexity index is 267. The van der Waals surface area contributed by atoms with Gasteiger partial charge in [-0.1, -0.05) is 27.3 Å². The van der Waals surface area contributed by atoms with Crippen molar-refractivity contribution in [2.24, 2.45) is 0 Å². The van der Waals surface area contributed by atoms with Crippen LogP contribution in [0, 0.1) is 0 Å². The second-order valence-electron chi connectivity index (χ2n) is 6.25. The van der Waals surface area contributed by atoms with Crippen molar-refractivity contribution in [2.75, 3.05) is 42.7 Å². The Morgan fingerprint density at radius 2 is 0.696 bits per heavy atom. The van der Waals surface area contributed by atoms with E-state index in [-0.39, 0.29) is 0 Å². The molecule has 0 spiro atoms. The van der Waals surface area contributed by atoms with Crippen LogP contribution in [0.25, 0.3) is 0 Å². The predicted octanol–water partition coefficient (Wildman–Crippen LogP) is 1.39. The van der Waals surface area contributed by atoms with Gasteiger partial charge in [0.1, 0.15) is 0 Å². The molecule has 3 atom stereocenters. The third-order valence-electron chi connectivity index (χ3n) is 5.56. The second-order valence-corrected chi connectivity index (χ2v) is 21.8. The Hall–Kier alpha value is 0.628. The molecule has 6 nitrogen and oxygen atoms in total. The van der Waals surface area contributed by atoms with Crippen LogP contribution in [-0.2, 0) is 26.6 Å². The third kappa shape index (κ3) is 5.30. The standard InChI is InChI=1S/C13H36O6Si4/c1-11(20(14-4)15-5)23(10,12(2)21(16-6)17-7)13(3)22(18-8)19-9/h11-13,20-22H,1-10H3. The Morgan fingerprint density at radius 1 is 0.522 bits per heavy atom. The summed E-state index contributed by atoms with van der Waals surface area (Å²) in [6.45, 7) is 9.24. The highest BCUT2D eigenvalue weighted by Crippen LogP contribution is 2.45. The van der Waals surface area contributed by atoms with Crippen LogP contribution in [0.3, 0.4) is 0 Å². The maximum atomic E-state index is 5.72. The Labute approximate surface area is 148 Å². The van der Waals surface area contributed by atoms with Crippen LogP contribution >= 0.6 is 0 Å². The molecule has 0 aliphatic carbocycles. The molecule has 0 aliphatic heterocycles. The van der Waals surface area contributed by atoms with Crippen LogP contribution in [0.4, 0.5) is 0 Å². The number of rotatable bonds is 12. The molecule has 3 unspecified atom stereocenters. The summed E-state index contributed by atoms with van der Waals surface area (Å²) in [5.41, 5.74) is 0. The van der Waals surface area contributed by atoms with Gasteiger partial charge in [-0.25, -0.2) is 0 Å². The molecule has 0 heterocycles. The van der Waals surface area contributed by atoms with E-state index in [9.17, 15) is 0 Å². The Morgan fingerprint density at radius 3 is 0.826 bits per heavy atom. The third-order valence-corrected chi connectivity index (χ3v) is 25.6. The van der Waals surface area contributed by atoms with Crippen molar-refractivity contribution in [3.8, 4) is 0 Å². The summed E-state index contributed by atoms with van der Waals surface area (Å²) in [6.07, 6.45) is 0. The highest BCUT2D eigenvalue weighted by atomic mass is 28.4. The van der Waals surface area contributed by atoms with Gasteiger partial charge in [-0.3, -0.25) is 0 Å². The molecule has 0 amide bonds. The first kappa shape index (κ1) is 23.6. The van der Waals surface area contributed by atoms with Crippen LogP contribution in [0.1, 0.15) is 20.8 Å². The molecule has 0 aromatic heterocycles. The fourth-order valence-electron chi connectivity index (χ4n) is 3.64. The quantitative estimate of drug-likeness (QED) is 0.462. The van der Waals surface area contributed by atoms with Crippen molar-refractivity contribution in [3.63, 3.8) is 0 Å². The maximum absolute atomic E-state index is 5.72. The summed E-state index contributed by atoms with van der Waals surface area (Å²) < 4.78 is 34.3. The normalized spacial score (nSPS) is 19.2. The molecule has 0 aromatic rings. The minimum atomic E-state index is -1.94. The lowest BCUT2D eigenvalue weighted by Gasteiger charge is -2.47. The average Bonchev–Trinajstić information content (AvgIpc) is 2.56. The van der Waals surface area contributed by atoms with E-state index in [4.69, 9.17) is 26.6 Å². The molecule has 0 saturated carbocycles. The highest BCUT2D eigenvalue weighted by Gasteiger charge is 2.54. The molecule has 140 valence electrons. The van der Waals surface area contributed by atoms with Crippen LogP contribution in [0.5, 0.6) is 0 Å². The summed E-state index contributed by atoms with van der Waals surface area (Å²) >= 11 is 0. The molecule has 0 aromatic carbocycles. The molecule has 0 rings (SSSR count). The minimum absolute atomic E-state index is 0.392. The lowest BCUT2D eigenvalue weighted by atomic mass is 10.9. The lowest BCUT2D eigenvalue weighted by molar-refractivity contribution is 0.265. The van der Waals surface area contributed by atoms with Crippen molar-refractivity contribution >= 4 is 35.9 Å². The van der Waals surface area contributed by atoms with E-state index in [0.717, 1.165) is 0 Å². The maximum Gasteiger partial charge on any atom is 0.321 e. The molecule has 10 heteroatoms. The fourth-order valence-corrected chi connectivity index (χ4v) is 26.1. The van der Waals surface area contributed by atoms with E-state index < -0.39 is 35.9 Å². The van der Waals surface area contributed by atoms with E-state index in [2.05, 4.69) is 27.3 Å². The molecule has 0 fully saturated rings. The summed E-state index contributed by atoms with van der Waals surface area (Å²) in [6, 6.07) is 0. The van der Waals surface area contributed by atoms with Gasteiger partial charge in [0.25, 0.3) is 0 Å². The fraction of sp³-hybridized carbons (Fsp3) is 1.00. The van der Waals surface area contributed by atoms with Crippen molar-refractivity contribution < 1.29 is 26.6 Å². The first-order chi connectivity index (χ1) is 10.8. The molecular weight excluding hydrogens is 364 g/mol. The molecule has 23 heavy (non-hydrogen) atoms. The van der Waals surface area contributed by atoms with Crippen LogP contribution in [0.15, 0.2) is 0 Å². The van der Waals surface area contributed by atoms with E-state index >= 15 is 0 Å². The van der Waals surface area contributed by atoms with E-state index in [1.54, 1.807) is 42.7 Å². The van der Waals surface area contributed by atoms with Gasteiger partial charge in [-0.2, -0.15) is 0 Å². The molecule has 0 radical (unpaired) electrons. The first-order valence-corrected chi connectivity index (χ1v) is 15.5. The van der Waals surface area contributed by atoms with Crippen molar-refractivity contribution in [1.29, 1.82) is 0 Å². The van der Waals surface area contributed by atoms with Crippen LogP contribution in [-0.4, -0.2) is 78.6 Å². The van der Waals surface area contributed by atoms with Crippen LogP contribution < -0.4 is 0 Å². The second kappa shape index (κ2) is 11.3. The van der Waals surface area contributed by atoms with Crippen molar-refractivity contribution in [1.82, 2.24) is 0 Å². The first-order valence-electron chi connectivity index (χ1n) is 7.96. The lowest BCUT2D eigenvalue weighted by Crippen LogP contribution is -2.58. The highest BCUT2D eigenvalue weighted by molar-refractivity contribution is 7.00. The summed E-state index contributed by atoms with van der Waals surface area (Å²) in [5.74, 6) is 0. The molecular formula is C13H36O6Si4. The largest absolute Gasteiger partial charge is 0.400 e. The molecule has 0 aliphatic rings. The SMILES string of the molecule is CO[SiH](OC)C(C)[Si](C)(C(C)[SiH](OC)OC)C(C)[SiH](OC)OC. The Kier molecular flexibility index (Phi) is 11.6. The summed E-state index contributed by atoms with van der Waals surface area (Å²) in [4.78, 5) is 0. The van der Waals surface area contributed by atoms with Crippen molar-refractivity contribution in [3.05, 3.63) is 0 Å². The molecule has 0 saturated heterocycles. The van der Waals surface area contributed by atoms with Crippen molar-refractivity contribution in [2.45, 2.75) is 42.8 Å². The topological polar surface area (TPSA) is 55.4 Å². The zero-order valence-corrected chi connectivity index (χ0v) is 20.9. The van der Waals surface area contributed by atoms with Gasteiger partial charge < -0.3 is 26.6 Å². The summed E-state index contributed by atoms with van der Waals surface area (Å²) in [7, 11) is 3.29. The van der Waals surface area contributed by atoms with E-state index in [1.807, 2.05) is 0 Å². The average molecular weight is 401 g/mol. The number of hydrogen-bond donors (Lipinski definition) is 0. The zero-order valence-electron chi connectivity index (χ0n) is 16.4. The predicted molar refractivity (Wildman–Crippen MR) is 103 cm³/mol. The smallest absolute Gasteiger partial charge is 0.321 e. The molecule has 0 bridgehead atoms. The van der Waals surface area contributed by atoms with Gasteiger partial charge >= 0.3 is 27.9 Å². The van der Waals surface area contributed by atoms with Gasteiger partial charge in [0.2, 0.25) is 0 Å².